The first-order valence-electron chi connectivity index (χ1n) is 9.41. The number of amides is 2. The normalized spacial score (nSPS) is 10.5. The summed E-state index contributed by atoms with van der Waals surface area (Å²) >= 11 is 1.15. The predicted octanol–water partition coefficient (Wildman–Crippen LogP) is 2.93. The van der Waals surface area contributed by atoms with Crippen molar-refractivity contribution >= 4 is 35.0 Å². The molecular weight excluding hydrogens is 436 g/mol. The molecule has 0 aliphatic carbocycles. The van der Waals surface area contributed by atoms with E-state index in [1.807, 2.05) is 0 Å². The average Bonchev–Trinajstić information content (AvgIpc) is 3.43. The van der Waals surface area contributed by atoms with E-state index in [1.54, 1.807) is 41.8 Å². The molecular formula is C20H20N6O5S. The van der Waals surface area contributed by atoms with Crippen LogP contribution in [-0.2, 0) is 17.9 Å². The molecule has 12 heteroatoms. The van der Waals surface area contributed by atoms with E-state index < -0.39 is 4.92 Å². The molecule has 0 saturated carbocycles. The van der Waals surface area contributed by atoms with Gasteiger partial charge in [0.2, 0.25) is 5.91 Å². The number of aromatic nitrogens is 3. The highest BCUT2D eigenvalue weighted by molar-refractivity contribution is 7.99. The number of allylic oxidation sites excluding steroid dienone is 1. The average molecular weight is 456 g/mol. The van der Waals surface area contributed by atoms with Crippen LogP contribution in [0.5, 0.6) is 0 Å². The predicted molar refractivity (Wildman–Crippen MR) is 117 cm³/mol. The summed E-state index contributed by atoms with van der Waals surface area (Å²) in [4.78, 5) is 34.9. The number of furan rings is 1. The topological polar surface area (TPSA) is 145 Å². The summed E-state index contributed by atoms with van der Waals surface area (Å²) in [5.74, 6) is -0.0578. The van der Waals surface area contributed by atoms with Crippen molar-refractivity contribution in [3.8, 4) is 0 Å². The van der Waals surface area contributed by atoms with Crippen molar-refractivity contribution < 1.29 is 18.9 Å². The monoisotopic (exact) mass is 456 g/mol. The van der Waals surface area contributed by atoms with Crippen LogP contribution in [0.1, 0.15) is 21.9 Å². The number of nitrogens with zero attached hydrogens (tertiary/aromatic N) is 4. The molecule has 0 fully saturated rings. The molecule has 0 aliphatic heterocycles. The Morgan fingerprint density at radius 1 is 1.34 bits per heavy atom. The fourth-order valence-corrected chi connectivity index (χ4v) is 3.50. The highest BCUT2D eigenvalue weighted by Crippen LogP contribution is 2.23. The molecule has 1 aromatic carbocycles. The lowest BCUT2D eigenvalue weighted by atomic mass is 10.2. The Morgan fingerprint density at radius 3 is 2.84 bits per heavy atom. The van der Waals surface area contributed by atoms with Gasteiger partial charge in [0.1, 0.15) is 0 Å². The van der Waals surface area contributed by atoms with Crippen molar-refractivity contribution in [2.24, 2.45) is 0 Å². The third-order valence-electron chi connectivity index (χ3n) is 4.28. The van der Waals surface area contributed by atoms with Gasteiger partial charge in [-0.05, 0) is 25.1 Å². The van der Waals surface area contributed by atoms with Gasteiger partial charge in [0.25, 0.3) is 11.6 Å². The maximum atomic E-state index is 12.3. The first-order valence-corrected chi connectivity index (χ1v) is 10.4. The van der Waals surface area contributed by atoms with E-state index in [4.69, 9.17) is 4.42 Å². The number of hydrogen-bond acceptors (Lipinski definition) is 8. The van der Waals surface area contributed by atoms with Gasteiger partial charge in [-0.3, -0.25) is 19.7 Å². The zero-order chi connectivity index (χ0) is 23.1. The van der Waals surface area contributed by atoms with Crippen molar-refractivity contribution in [2.75, 3.05) is 11.1 Å². The zero-order valence-electron chi connectivity index (χ0n) is 17.1. The van der Waals surface area contributed by atoms with Gasteiger partial charge in [0, 0.05) is 23.9 Å². The highest BCUT2D eigenvalue weighted by atomic mass is 32.2. The van der Waals surface area contributed by atoms with Gasteiger partial charge in [0.15, 0.2) is 16.7 Å². The smallest absolute Gasteiger partial charge is 0.287 e. The van der Waals surface area contributed by atoms with Crippen LogP contribution in [0.3, 0.4) is 0 Å². The Labute approximate surface area is 187 Å². The first-order chi connectivity index (χ1) is 15.4. The van der Waals surface area contributed by atoms with E-state index in [-0.39, 0.29) is 35.6 Å². The van der Waals surface area contributed by atoms with E-state index in [0.717, 1.165) is 11.8 Å². The second kappa shape index (κ2) is 10.4. The van der Waals surface area contributed by atoms with Gasteiger partial charge in [0.05, 0.1) is 23.5 Å². The minimum absolute atomic E-state index is 0.00963. The number of aryl methyl sites for hydroxylation is 1. The number of hydrogen-bond donors (Lipinski definition) is 2. The number of nitro benzene ring substituents is 1. The number of nitrogens with one attached hydrogen (secondary N) is 2. The molecule has 2 heterocycles. The van der Waals surface area contributed by atoms with Gasteiger partial charge in [-0.15, -0.1) is 16.8 Å². The molecule has 0 radical (unpaired) electrons. The summed E-state index contributed by atoms with van der Waals surface area (Å²) < 4.78 is 6.78. The standard InChI is InChI=1S/C20H20N6O5S/c1-3-8-25-17(11-21-19(28)16-5-4-9-31-16)23-24-20(25)32-12-18(27)22-14-7-6-13(2)15(10-14)26(29)30/h3-7,9-10H,1,8,11-12H2,2H3,(H,21,28)(H,22,27). The van der Waals surface area contributed by atoms with Gasteiger partial charge in [-0.2, -0.15) is 0 Å². The van der Waals surface area contributed by atoms with E-state index in [0.29, 0.717) is 28.8 Å². The van der Waals surface area contributed by atoms with E-state index in [2.05, 4.69) is 27.4 Å². The Kier molecular flexibility index (Phi) is 7.39. The van der Waals surface area contributed by atoms with Crippen molar-refractivity contribution in [2.45, 2.75) is 25.2 Å². The van der Waals surface area contributed by atoms with Crippen LogP contribution in [0, 0.1) is 17.0 Å². The lowest BCUT2D eigenvalue weighted by Gasteiger charge is -2.09. The number of rotatable bonds is 10. The summed E-state index contributed by atoms with van der Waals surface area (Å²) in [6.07, 6.45) is 3.06. The lowest BCUT2D eigenvalue weighted by molar-refractivity contribution is -0.385. The van der Waals surface area contributed by atoms with Crippen LogP contribution in [0.4, 0.5) is 11.4 Å². The summed E-state index contributed by atoms with van der Waals surface area (Å²) in [6.45, 7) is 5.83. The molecule has 0 saturated heterocycles. The third kappa shape index (κ3) is 5.60. The van der Waals surface area contributed by atoms with Crippen LogP contribution in [-0.4, -0.2) is 37.3 Å². The minimum Gasteiger partial charge on any atom is -0.459 e. The number of thioether (sulfide) groups is 1. The highest BCUT2D eigenvalue weighted by Gasteiger charge is 2.17. The Balaban J connectivity index is 1.61. The van der Waals surface area contributed by atoms with Gasteiger partial charge in [-0.25, -0.2) is 0 Å². The van der Waals surface area contributed by atoms with Crippen LogP contribution in [0.25, 0.3) is 0 Å². The molecule has 11 nitrogen and oxygen atoms in total. The minimum atomic E-state index is -0.496. The van der Waals surface area contributed by atoms with Gasteiger partial charge >= 0.3 is 0 Å². The maximum Gasteiger partial charge on any atom is 0.287 e. The second-order valence-electron chi connectivity index (χ2n) is 6.55. The van der Waals surface area contributed by atoms with Crippen LogP contribution < -0.4 is 10.6 Å². The molecule has 0 aliphatic rings. The molecule has 0 unspecified atom stereocenters. The molecule has 0 bridgehead atoms. The molecule has 166 valence electrons. The van der Waals surface area contributed by atoms with Crippen LogP contribution in [0.15, 0.2) is 58.8 Å². The maximum absolute atomic E-state index is 12.3. The van der Waals surface area contributed by atoms with E-state index >= 15 is 0 Å². The Morgan fingerprint density at radius 2 is 2.16 bits per heavy atom. The molecule has 2 N–H and O–H groups in total. The largest absolute Gasteiger partial charge is 0.459 e. The number of carbonyl (C=O) groups excluding carboxylic acids is 2. The molecule has 0 atom stereocenters. The first kappa shape index (κ1) is 22.7. The summed E-state index contributed by atoms with van der Waals surface area (Å²) in [5, 5.41) is 25.0. The quantitative estimate of drug-likeness (QED) is 0.205. The van der Waals surface area contributed by atoms with Crippen LogP contribution in [0.2, 0.25) is 0 Å². The zero-order valence-corrected chi connectivity index (χ0v) is 17.9. The van der Waals surface area contributed by atoms with Crippen molar-refractivity contribution in [1.29, 1.82) is 0 Å². The molecule has 2 amide bonds. The Bertz CT molecular complexity index is 1140. The van der Waals surface area contributed by atoms with Gasteiger partial charge in [-0.1, -0.05) is 23.9 Å². The summed E-state index contributed by atoms with van der Waals surface area (Å²) in [7, 11) is 0. The van der Waals surface area contributed by atoms with Crippen molar-refractivity contribution in [1.82, 2.24) is 20.1 Å². The number of benzene rings is 1. The van der Waals surface area contributed by atoms with Crippen LogP contribution >= 0.6 is 11.8 Å². The molecule has 2 aromatic heterocycles. The Hall–Kier alpha value is -3.93. The fourth-order valence-electron chi connectivity index (χ4n) is 2.73. The lowest BCUT2D eigenvalue weighted by Crippen LogP contribution is -2.24. The number of nitro groups is 1. The molecule has 0 spiro atoms. The number of anilines is 1. The van der Waals surface area contributed by atoms with Crippen molar-refractivity contribution in [3.63, 3.8) is 0 Å². The third-order valence-corrected chi connectivity index (χ3v) is 5.25. The fraction of sp³-hybridized carbons (Fsp3) is 0.200. The van der Waals surface area contributed by atoms with Crippen molar-refractivity contribution in [3.05, 3.63) is 76.5 Å². The number of carbonyl (C=O) groups is 2. The SMILES string of the molecule is C=CCn1c(CNC(=O)c2ccco2)nnc1SCC(=O)Nc1ccc(C)c([N+](=O)[O-])c1. The second-order valence-corrected chi connectivity index (χ2v) is 7.50. The summed E-state index contributed by atoms with van der Waals surface area (Å²) in [6, 6.07) is 7.66. The van der Waals surface area contributed by atoms with E-state index in [1.165, 1.54) is 12.3 Å². The molecule has 3 aromatic rings. The molecule has 3 rings (SSSR count). The summed E-state index contributed by atoms with van der Waals surface area (Å²) in [5.41, 5.74) is 0.774. The van der Waals surface area contributed by atoms with Gasteiger partial charge < -0.3 is 19.6 Å². The molecule has 32 heavy (non-hydrogen) atoms. The van der Waals surface area contributed by atoms with E-state index in [9.17, 15) is 19.7 Å².